The lowest BCUT2D eigenvalue weighted by Gasteiger charge is -2.17. The van der Waals surface area contributed by atoms with Crippen LogP contribution in [0, 0.1) is 10.1 Å². The number of hydrogen-bond donors (Lipinski definition) is 0. The van der Waals surface area contributed by atoms with Gasteiger partial charge in [0.05, 0.1) is 10.6 Å². The lowest BCUT2D eigenvalue weighted by molar-refractivity contribution is -0.384. The molecule has 0 saturated heterocycles. The second-order valence-electron chi connectivity index (χ2n) is 5.86. The van der Waals surface area contributed by atoms with Crippen molar-refractivity contribution in [2.45, 2.75) is 33.8 Å². The standard InChI is InChI=1S/C15H14ClN3O2S/c1-18-7-11-13-12(16)6-10(14(11)17-18)15(13)22-9-4-2-8(3-5-9)19(20)21/h2-5,7,10,12-13,15H,6H2,1H3/t10-,12+,13-,15+/m0/s1. The van der Waals surface area contributed by atoms with E-state index in [0.29, 0.717) is 17.1 Å². The first-order chi connectivity index (χ1) is 10.5. The molecule has 22 heavy (non-hydrogen) atoms. The first-order valence-electron chi connectivity index (χ1n) is 7.13. The second kappa shape index (κ2) is 4.99. The van der Waals surface area contributed by atoms with Gasteiger partial charge in [0.15, 0.2) is 0 Å². The van der Waals surface area contributed by atoms with Crippen LogP contribution in [0.3, 0.4) is 0 Å². The monoisotopic (exact) mass is 335 g/mol. The van der Waals surface area contributed by atoms with E-state index >= 15 is 0 Å². The quantitative estimate of drug-likeness (QED) is 0.487. The van der Waals surface area contributed by atoms with Gasteiger partial charge in [0, 0.05) is 52.7 Å². The zero-order chi connectivity index (χ0) is 15.4. The Hall–Kier alpha value is -1.53. The summed E-state index contributed by atoms with van der Waals surface area (Å²) in [5.41, 5.74) is 2.58. The van der Waals surface area contributed by atoms with Crippen LogP contribution < -0.4 is 0 Å². The number of nitro benzene ring substituents is 1. The molecule has 4 rings (SSSR count). The number of hydrogen-bond acceptors (Lipinski definition) is 4. The van der Waals surface area contributed by atoms with Gasteiger partial charge in [-0.15, -0.1) is 23.4 Å². The van der Waals surface area contributed by atoms with Crippen molar-refractivity contribution in [1.82, 2.24) is 9.78 Å². The third-order valence-electron chi connectivity index (χ3n) is 4.54. The molecule has 0 aliphatic heterocycles. The van der Waals surface area contributed by atoms with E-state index in [1.165, 1.54) is 11.3 Å². The number of aryl methyl sites for hydroxylation is 1. The number of halogens is 1. The average Bonchev–Trinajstić information content (AvgIpc) is 3.07. The lowest BCUT2D eigenvalue weighted by atomic mass is 9.98. The van der Waals surface area contributed by atoms with Crippen molar-refractivity contribution in [1.29, 1.82) is 0 Å². The van der Waals surface area contributed by atoms with Gasteiger partial charge < -0.3 is 0 Å². The Bertz CT molecular complexity index is 746. The summed E-state index contributed by atoms with van der Waals surface area (Å²) in [5.74, 6) is 0.694. The van der Waals surface area contributed by atoms with Gasteiger partial charge in [-0.1, -0.05) is 0 Å². The molecule has 2 aromatic rings. The van der Waals surface area contributed by atoms with Crippen molar-refractivity contribution in [3.05, 3.63) is 51.8 Å². The molecule has 2 bridgehead atoms. The van der Waals surface area contributed by atoms with Gasteiger partial charge >= 0.3 is 0 Å². The van der Waals surface area contributed by atoms with E-state index in [2.05, 4.69) is 11.3 Å². The minimum atomic E-state index is -0.373. The highest BCUT2D eigenvalue weighted by Gasteiger charge is 2.53. The van der Waals surface area contributed by atoms with Gasteiger partial charge in [-0.3, -0.25) is 14.8 Å². The molecule has 1 saturated carbocycles. The van der Waals surface area contributed by atoms with Crippen molar-refractivity contribution in [3.63, 3.8) is 0 Å². The van der Waals surface area contributed by atoms with Crippen LogP contribution in [0.2, 0.25) is 0 Å². The molecule has 0 amide bonds. The summed E-state index contributed by atoms with van der Waals surface area (Å²) in [5, 5.41) is 15.9. The predicted molar refractivity (Wildman–Crippen MR) is 85.7 cm³/mol. The Morgan fingerprint density at radius 2 is 2.14 bits per heavy atom. The van der Waals surface area contributed by atoms with Gasteiger partial charge in [-0.2, -0.15) is 5.10 Å². The number of thioether (sulfide) groups is 1. The normalized spacial score (nSPS) is 28.8. The largest absolute Gasteiger partial charge is 0.275 e. The van der Waals surface area contributed by atoms with Crippen LogP contribution in [0.25, 0.3) is 0 Å². The van der Waals surface area contributed by atoms with Crippen molar-refractivity contribution < 1.29 is 4.92 Å². The first kappa shape index (κ1) is 14.1. The van der Waals surface area contributed by atoms with Gasteiger partial charge in [-0.25, -0.2) is 0 Å². The smallest absolute Gasteiger partial charge is 0.269 e. The molecule has 1 aromatic heterocycles. The summed E-state index contributed by atoms with van der Waals surface area (Å²) in [7, 11) is 1.94. The van der Waals surface area contributed by atoms with E-state index in [9.17, 15) is 10.1 Å². The number of aromatic nitrogens is 2. The molecule has 1 heterocycles. The highest BCUT2D eigenvalue weighted by molar-refractivity contribution is 8.00. The van der Waals surface area contributed by atoms with Crippen molar-refractivity contribution >= 4 is 29.1 Å². The predicted octanol–water partition coefficient (Wildman–Crippen LogP) is 3.68. The first-order valence-corrected chi connectivity index (χ1v) is 8.45. The molecule has 0 unspecified atom stereocenters. The second-order valence-corrected chi connectivity index (χ2v) is 7.67. The summed E-state index contributed by atoms with van der Waals surface area (Å²) in [4.78, 5) is 11.4. The molecular formula is C15H14ClN3O2S. The molecule has 1 fully saturated rings. The van der Waals surface area contributed by atoms with Crippen LogP contribution in [0.1, 0.15) is 29.5 Å². The summed E-state index contributed by atoms with van der Waals surface area (Å²) >= 11 is 8.30. The van der Waals surface area contributed by atoms with E-state index in [0.717, 1.165) is 11.3 Å². The molecular weight excluding hydrogens is 322 g/mol. The lowest BCUT2D eigenvalue weighted by Crippen LogP contribution is -2.12. The topological polar surface area (TPSA) is 61.0 Å². The summed E-state index contributed by atoms with van der Waals surface area (Å²) in [6.07, 6.45) is 3.04. The van der Waals surface area contributed by atoms with Crippen LogP contribution >= 0.6 is 23.4 Å². The Kier molecular flexibility index (Phi) is 3.20. The number of nitro groups is 1. The number of fused-ring (bicyclic) bond motifs is 5. The van der Waals surface area contributed by atoms with E-state index in [4.69, 9.17) is 11.6 Å². The molecule has 7 heteroatoms. The molecule has 2 aliphatic rings. The Balaban J connectivity index is 1.60. The highest BCUT2D eigenvalue weighted by atomic mass is 35.5. The fourth-order valence-electron chi connectivity index (χ4n) is 3.65. The van der Waals surface area contributed by atoms with E-state index < -0.39 is 0 Å². The maximum Gasteiger partial charge on any atom is 0.269 e. The fraction of sp³-hybridized carbons (Fsp3) is 0.400. The van der Waals surface area contributed by atoms with E-state index in [1.807, 2.05) is 23.9 Å². The Labute approximate surface area is 136 Å². The number of nitrogens with zero attached hydrogens (tertiary/aromatic N) is 3. The molecule has 0 radical (unpaired) electrons. The van der Waals surface area contributed by atoms with Crippen LogP contribution in [0.15, 0.2) is 35.4 Å². The van der Waals surface area contributed by atoms with Crippen LogP contribution in [0.5, 0.6) is 0 Å². The zero-order valence-corrected chi connectivity index (χ0v) is 13.4. The third kappa shape index (κ3) is 2.05. The van der Waals surface area contributed by atoms with Gasteiger partial charge in [0.1, 0.15) is 0 Å². The van der Waals surface area contributed by atoms with Crippen LogP contribution in [0.4, 0.5) is 5.69 Å². The summed E-state index contributed by atoms with van der Waals surface area (Å²) < 4.78 is 1.87. The molecule has 0 spiro atoms. The molecule has 5 nitrogen and oxygen atoms in total. The Morgan fingerprint density at radius 1 is 1.41 bits per heavy atom. The Morgan fingerprint density at radius 3 is 2.82 bits per heavy atom. The van der Waals surface area contributed by atoms with Gasteiger partial charge in [0.2, 0.25) is 0 Å². The number of rotatable bonds is 3. The zero-order valence-electron chi connectivity index (χ0n) is 11.8. The summed E-state index contributed by atoms with van der Waals surface area (Å²) in [6, 6.07) is 6.76. The van der Waals surface area contributed by atoms with Crippen LogP contribution in [-0.2, 0) is 7.05 Å². The molecule has 2 aliphatic carbocycles. The van der Waals surface area contributed by atoms with Crippen LogP contribution in [-0.4, -0.2) is 25.3 Å². The van der Waals surface area contributed by atoms with Crippen molar-refractivity contribution in [2.24, 2.45) is 7.05 Å². The van der Waals surface area contributed by atoms with E-state index in [1.54, 1.807) is 23.9 Å². The van der Waals surface area contributed by atoms with Crippen molar-refractivity contribution in [3.8, 4) is 0 Å². The van der Waals surface area contributed by atoms with Gasteiger partial charge in [-0.05, 0) is 24.1 Å². The summed E-state index contributed by atoms with van der Waals surface area (Å²) in [6.45, 7) is 0. The molecule has 1 aromatic carbocycles. The fourth-order valence-corrected chi connectivity index (χ4v) is 5.71. The average molecular weight is 336 g/mol. The SMILES string of the molecule is Cn1cc2c(n1)[C@@H]1C[C@@H](Cl)[C@H]2[C@@H]1Sc1ccc([N+](=O)[O-])cc1. The molecule has 4 atom stereocenters. The maximum absolute atomic E-state index is 10.7. The van der Waals surface area contributed by atoms with Crippen molar-refractivity contribution in [2.75, 3.05) is 0 Å². The minimum absolute atomic E-state index is 0.125. The third-order valence-corrected chi connectivity index (χ3v) is 6.42. The molecule has 0 N–H and O–H groups in total. The number of alkyl halides is 1. The van der Waals surface area contributed by atoms with Gasteiger partial charge in [0.25, 0.3) is 5.69 Å². The highest BCUT2D eigenvalue weighted by Crippen LogP contribution is 2.60. The maximum atomic E-state index is 10.7. The number of non-ortho nitro benzene ring substituents is 1. The van der Waals surface area contributed by atoms with E-state index in [-0.39, 0.29) is 16.0 Å². The molecule has 114 valence electrons. The number of benzene rings is 1. The minimum Gasteiger partial charge on any atom is -0.275 e.